The van der Waals surface area contributed by atoms with Crippen LogP contribution in [-0.4, -0.2) is 11.7 Å². The predicted octanol–water partition coefficient (Wildman–Crippen LogP) is 3.85. The fourth-order valence-corrected chi connectivity index (χ4v) is 2.35. The molecule has 20 heavy (non-hydrogen) atoms. The van der Waals surface area contributed by atoms with E-state index in [1.165, 1.54) is 0 Å². The zero-order chi connectivity index (χ0) is 14.2. The van der Waals surface area contributed by atoms with E-state index in [4.69, 9.17) is 0 Å². The zero-order valence-electron chi connectivity index (χ0n) is 12.0. The highest BCUT2D eigenvalue weighted by Gasteiger charge is 2.21. The fourth-order valence-electron chi connectivity index (χ4n) is 2.35. The Balaban J connectivity index is 2.17. The van der Waals surface area contributed by atoms with Crippen molar-refractivity contribution in [2.75, 3.05) is 6.54 Å². The van der Waals surface area contributed by atoms with E-state index >= 15 is 0 Å². The van der Waals surface area contributed by atoms with E-state index in [0.717, 1.165) is 30.5 Å². The van der Waals surface area contributed by atoms with Gasteiger partial charge in [-0.3, -0.25) is 0 Å². The van der Waals surface area contributed by atoms with Gasteiger partial charge < -0.3 is 10.4 Å². The third-order valence-electron chi connectivity index (χ3n) is 3.51. The number of nitrogens with one attached hydrogen (secondary N) is 1. The molecule has 0 aliphatic carbocycles. The molecule has 0 fully saturated rings. The molecule has 0 aliphatic heterocycles. The Morgan fingerprint density at radius 3 is 2.00 bits per heavy atom. The van der Waals surface area contributed by atoms with Crippen molar-refractivity contribution in [3.8, 4) is 0 Å². The van der Waals surface area contributed by atoms with Crippen LogP contribution in [0.4, 0.5) is 0 Å². The maximum absolute atomic E-state index is 10.7. The first-order valence-electron chi connectivity index (χ1n) is 7.34. The van der Waals surface area contributed by atoms with E-state index < -0.39 is 6.10 Å². The van der Waals surface area contributed by atoms with Gasteiger partial charge in [0.05, 0.1) is 12.1 Å². The predicted molar refractivity (Wildman–Crippen MR) is 83.5 cm³/mol. The molecule has 2 heteroatoms. The van der Waals surface area contributed by atoms with Crippen LogP contribution in [0.1, 0.15) is 43.0 Å². The molecule has 106 valence electrons. The highest BCUT2D eigenvalue weighted by atomic mass is 16.3. The summed E-state index contributed by atoms with van der Waals surface area (Å²) in [6.45, 7) is 3.09. The second kappa shape index (κ2) is 7.83. The minimum absolute atomic E-state index is 0.0647. The van der Waals surface area contributed by atoms with Gasteiger partial charge in [0, 0.05) is 0 Å². The first kappa shape index (κ1) is 14.8. The number of aliphatic hydroxyl groups excluding tert-OH is 1. The Hall–Kier alpha value is -1.64. The summed E-state index contributed by atoms with van der Waals surface area (Å²) in [7, 11) is 0. The highest BCUT2D eigenvalue weighted by Crippen LogP contribution is 2.28. The topological polar surface area (TPSA) is 32.3 Å². The standard InChI is InChI=1S/C18H23NO/c1-2-3-14-19-17(15-10-6-4-7-11-15)18(20)16-12-8-5-9-13-16/h4-13,17-20H,2-3,14H2,1H3/t17-,18-/m1/s1. The molecule has 2 nitrogen and oxygen atoms in total. The smallest absolute Gasteiger partial charge is 0.0984 e. The Bertz CT molecular complexity index is 483. The summed E-state index contributed by atoms with van der Waals surface area (Å²) in [5.74, 6) is 0. The van der Waals surface area contributed by atoms with Gasteiger partial charge in [-0.25, -0.2) is 0 Å². The minimum Gasteiger partial charge on any atom is -0.386 e. The SMILES string of the molecule is CCCCN[C@H](c1ccccc1)[C@H](O)c1ccccc1. The van der Waals surface area contributed by atoms with Crippen LogP contribution < -0.4 is 5.32 Å². The maximum atomic E-state index is 10.7. The number of aliphatic hydroxyl groups is 1. The van der Waals surface area contributed by atoms with Crippen LogP contribution in [0.5, 0.6) is 0 Å². The summed E-state index contributed by atoms with van der Waals surface area (Å²) >= 11 is 0. The summed E-state index contributed by atoms with van der Waals surface area (Å²) in [5.41, 5.74) is 2.07. The van der Waals surface area contributed by atoms with E-state index in [1.54, 1.807) is 0 Å². The molecule has 0 unspecified atom stereocenters. The minimum atomic E-state index is -0.532. The van der Waals surface area contributed by atoms with E-state index in [-0.39, 0.29) is 6.04 Å². The van der Waals surface area contributed by atoms with Gasteiger partial charge in [0.2, 0.25) is 0 Å². The lowest BCUT2D eigenvalue weighted by Crippen LogP contribution is -2.28. The second-order valence-electron chi connectivity index (χ2n) is 5.05. The van der Waals surface area contributed by atoms with Crippen molar-refractivity contribution < 1.29 is 5.11 Å². The van der Waals surface area contributed by atoms with Crippen molar-refractivity contribution in [2.45, 2.75) is 31.9 Å². The summed E-state index contributed by atoms with van der Waals surface area (Å²) in [5, 5.41) is 14.2. The number of hydrogen-bond acceptors (Lipinski definition) is 2. The third kappa shape index (κ3) is 3.92. The molecule has 2 N–H and O–H groups in total. The summed E-state index contributed by atoms with van der Waals surface area (Å²) in [6.07, 6.45) is 1.73. The van der Waals surface area contributed by atoms with Crippen molar-refractivity contribution in [3.63, 3.8) is 0 Å². The quantitative estimate of drug-likeness (QED) is 0.748. The van der Waals surface area contributed by atoms with Gasteiger partial charge in [0.25, 0.3) is 0 Å². The molecular formula is C18H23NO. The van der Waals surface area contributed by atoms with Gasteiger partial charge in [0.15, 0.2) is 0 Å². The molecule has 0 radical (unpaired) electrons. The van der Waals surface area contributed by atoms with Crippen LogP contribution in [0.15, 0.2) is 60.7 Å². The zero-order valence-corrected chi connectivity index (χ0v) is 12.0. The van der Waals surface area contributed by atoms with Crippen molar-refractivity contribution in [2.24, 2.45) is 0 Å². The molecule has 0 saturated heterocycles. The lowest BCUT2D eigenvalue weighted by atomic mass is 9.95. The van der Waals surface area contributed by atoms with Crippen LogP contribution in [0.25, 0.3) is 0 Å². The van der Waals surface area contributed by atoms with Crippen molar-refractivity contribution >= 4 is 0 Å². The van der Waals surface area contributed by atoms with E-state index in [0.29, 0.717) is 0 Å². The molecule has 2 rings (SSSR count). The molecule has 0 amide bonds. The normalized spacial score (nSPS) is 13.9. The number of benzene rings is 2. The molecule has 2 atom stereocenters. The second-order valence-corrected chi connectivity index (χ2v) is 5.05. The van der Waals surface area contributed by atoms with Gasteiger partial charge in [-0.1, -0.05) is 74.0 Å². The van der Waals surface area contributed by atoms with Crippen molar-refractivity contribution in [1.82, 2.24) is 5.32 Å². The molecular weight excluding hydrogens is 246 g/mol. The fraction of sp³-hybridized carbons (Fsp3) is 0.333. The number of rotatable bonds is 7. The molecule has 0 spiro atoms. The lowest BCUT2D eigenvalue weighted by molar-refractivity contribution is 0.128. The first-order chi connectivity index (χ1) is 9.83. The van der Waals surface area contributed by atoms with Gasteiger partial charge in [0.1, 0.15) is 0 Å². The molecule has 0 saturated carbocycles. The molecule has 0 aromatic heterocycles. The molecule has 2 aromatic rings. The molecule has 0 heterocycles. The van der Waals surface area contributed by atoms with Crippen molar-refractivity contribution in [1.29, 1.82) is 0 Å². The number of hydrogen-bond donors (Lipinski definition) is 2. The Morgan fingerprint density at radius 2 is 1.45 bits per heavy atom. The lowest BCUT2D eigenvalue weighted by Gasteiger charge is -2.25. The van der Waals surface area contributed by atoms with Gasteiger partial charge in [-0.15, -0.1) is 0 Å². The summed E-state index contributed by atoms with van der Waals surface area (Å²) in [4.78, 5) is 0. The van der Waals surface area contributed by atoms with E-state index in [1.807, 2.05) is 48.5 Å². The van der Waals surface area contributed by atoms with E-state index in [9.17, 15) is 5.11 Å². The van der Waals surface area contributed by atoms with Crippen LogP contribution >= 0.6 is 0 Å². The highest BCUT2D eigenvalue weighted by molar-refractivity contribution is 5.26. The van der Waals surface area contributed by atoms with Gasteiger partial charge >= 0.3 is 0 Å². The monoisotopic (exact) mass is 269 g/mol. The van der Waals surface area contributed by atoms with E-state index in [2.05, 4.69) is 24.4 Å². The largest absolute Gasteiger partial charge is 0.386 e. The van der Waals surface area contributed by atoms with Crippen LogP contribution in [0, 0.1) is 0 Å². The average molecular weight is 269 g/mol. The van der Waals surface area contributed by atoms with Gasteiger partial charge in [-0.2, -0.15) is 0 Å². The van der Waals surface area contributed by atoms with Crippen LogP contribution in [0.3, 0.4) is 0 Å². The number of unbranched alkanes of at least 4 members (excludes halogenated alkanes) is 1. The summed E-state index contributed by atoms with van der Waals surface area (Å²) < 4.78 is 0. The van der Waals surface area contributed by atoms with Gasteiger partial charge in [-0.05, 0) is 24.1 Å². The molecule has 0 aliphatic rings. The maximum Gasteiger partial charge on any atom is 0.0984 e. The Morgan fingerprint density at radius 1 is 0.900 bits per heavy atom. The van der Waals surface area contributed by atoms with Crippen LogP contribution in [-0.2, 0) is 0 Å². The summed E-state index contributed by atoms with van der Waals surface area (Å²) in [6, 6.07) is 19.9. The molecule has 2 aromatic carbocycles. The van der Waals surface area contributed by atoms with Crippen molar-refractivity contribution in [3.05, 3.63) is 71.8 Å². The Labute approximate surface area is 121 Å². The van der Waals surface area contributed by atoms with Crippen LogP contribution in [0.2, 0.25) is 0 Å². The average Bonchev–Trinajstić information content (AvgIpc) is 2.53. The third-order valence-corrected chi connectivity index (χ3v) is 3.51. The molecule has 0 bridgehead atoms. The first-order valence-corrected chi connectivity index (χ1v) is 7.34. The Kier molecular flexibility index (Phi) is 5.78.